The minimum atomic E-state index is -3.64. The summed E-state index contributed by atoms with van der Waals surface area (Å²) in [6, 6.07) is 11.8. The molecule has 0 aliphatic carbocycles. The topological polar surface area (TPSA) is 55.4 Å². The predicted molar refractivity (Wildman–Crippen MR) is 95.3 cm³/mol. The molecule has 4 nitrogen and oxygen atoms in total. The summed E-state index contributed by atoms with van der Waals surface area (Å²) in [4.78, 5) is 0.160. The van der Waals surface area contributed by atoms with E-state index in [-0.39, 0.29) is 4.90 Å². The Balaban J connectivity index is 2.31. The van der Waals surface area contributed by atoms with Crippen LogP contribution in [-0.4, -0.2) is 15.0 Å². The lowest BCUT2D eigenvalue weighted by Crippen LogP contribution is -2.13. The number of hydrogen-bond donors (Lipinski definition) is 1. The van der Waals surface area contributed by atoms with Crippen LogP contribution < -0.4 is 9.46 Å². The van der Waals surface area contributed by atoms with Crippen molar-refractivity contribution < 1.29 is 13.2 Å². The maximum atomic E-state index is 12.4. The van der Waals surface area contributed by atoms with E-state index in [0.29, 0.717) is 18.0 Å². The van der Waals surface area contributed by atoms with Crippen molar-refractivity contribution in [1.82, 2.24) is 0 Å². The van der Waals surface area contributed by atoms with Gasteiger partial charge in [0, 0.05) is 15.3 Å². The molecule has 0 radical (unpaired) electrons. The van der Waals surface area contributed by atoms with Crippen LogP contribution in [0.15, 0.2) is 51.8 Å². The molecule has 0 unspecified atom stereocenters. The number of nitrogens with one attached hydrogen (secondary N) is 1. The molecule has 7 heteroatoms. The van der Waals surface area contributed by atoms with Crippen LogP contribution in [0.25, 0.3) is 0 Å². The second-order valence-corrected chi connectivity index (χ2v) is 7.92. The molecule has 0 heterocycles. The lowest BCUT2D eigenvalue weighted by molar-refractivity contribution is 0.337. The van der Waals surface area contributed by atoms with Gasteiger partial charge < -0.3 is 4.74 Å². The number of hydrogen-bond acceptors (Lipinski definition) is 3. The number of rotatable bonds is 5. The number of halogens is 2. The van der Waals surface area contributed by atoms with Crippen molar-refractivity contribution in [1.29, 1.82) is 0 Å². The molecule has 0 aliphatic heterocycles. The highest BCUT2D eigenvalue weighted by Gasteiger charge is 2.16. The monoisotopic (exact) mass is 481 g/mol. The first-order valence-electron chi connectivity index (χ1n) is 6.13. The van der Waals surface area contributed by atoms with Gasteiger partial charge in [-0.05, 0) is 81.8 Å². The second-order valence-electron chi connectivity index (χ2n) is 4.14. The summed E-state index contributed by atoms with van der Waals surface area (Å²) in [5.41, 5.74) is 0.524. The fourth-order valence-electron chi connectivity index (χ4n) is 1.65. The second kappa shape index (κ2) is 6.97. The number of benzene rings is 2. The Hall–Kier alpha value is -0.800. The van der Waals surface area contributed by atoms with E-state index < -0.39 is 10.0 Å². The fraction of sp³-hybridized carbons (Fsp3) is 0.143. The molecule has 0 amide bonds. The first kappa shape index (κ1) is 16.6. The summed E-state index contributed by atoms with van der Waals surface area (Å²) >= 11 is 5.50. The molecule has 0 saturated heterocycles. The molecule has 0 spiro atoms. The molecule has 0 aliphatic rings. The normalized spacial score (nSPS) is 11.2. The van der Waals surface area contributed by atoms with E-state index in [1.165, 1.54) is 12.1 Å². The predicted octanol–water partition coefficient (Wildman–Crippen LogP) is 4.25. The van der Waals surface area contributed by atoms with E-state index in [1.54, 1.807) is 18.2 Å². The van der Waals surface area contributed by atoms with Crippen LogP contribution >= 0.6 is 38.5 Å². The zero-order valence-corrected chi connectivity index (χ0v) is 15.7. The third kappa shape index (κ3) is 4.33. The minimum Gasteiger partial charge on any atom is -0.493 e. The van der Waals surface area contributed by atoms with Gasteiger partial charge in [0.05, 0.1) is 16.0 Å². The molecular weight excluding hydrogens is 469 g/mol. The molecule has 0 bridgehead atoms. The van der Waals surface area contributed by atoms with Crippen LogP contribution in [0.2, 0.25) is 0 Å². The average Bonchev–Trinajstić information content (AvgIpc) is 2.43. The lowest BCUT2D eigenvalue weighted by Gasteiger charge is -2.11. The SMILES string of the molecule is CCOc1cc(S(=O)(=O)Nc2ccc(I)cc2)ccc1Br. The standard InChI is InChI=1S/C14H13BrINO3S/c1-2-20-14-9-12(7-8-13(14)15)21(18,19)17-11-5-3-10(16)4-6-11/h3-9,17H,2H2,1H3. The molecule has 2 aromatic rings. The van der Waals surface area contributed by atoms with Crippen LogP contribution in [0.3, 0.4) is 0 Å². The Morgan fingerprint density at radius 3 is 2.48 bits per heavy atom. The molecule has 2 rings (SSSR count). The van der Waals surface area contributed by atoms with Gasteiger partial charge >= 0.3 is 0 Å². The maximum absolute atomic E-state index is 12.4. The smallest absolute Gasteiger partial charge is 0.262 e. The summed E-state index contributed by atoms with van der Waals surface area (Å²) in [5.74, 6) is 0.503. The number of anilines is 1. The van der Waals surface area contributed by atoms with Gasteiger partial charge in [-0.25, -0.2) is 8.42 Å². The summed E-state index contributed by atoms with van der Waals surface area (Å²) in [6.07, 6.45) is 0. The molecule has 112 valence electrons. The van der Waals surface area contributed by atoms with Crippen molar-refractivity contribution in [3.8, 4) is 5.75 Å². The molecule has 1 N–H and O–H groups in total. The van der Waals surface area contributed by atoms with Gasteiger partial charge in [0.2, 0.25) is 0 Å². The quantitative estimate of drug-likeness (QED) is 0.649. The van der Waals surface area contributed by atoms with Gasteiger partial charge in [-0.15, -0.1) is 0 Å². The van der Waals surface area contributed by atoms with Crippen molar-refractivity contribution >= 4 is 54.2 Å². The third-order valence-corrected chi connectivity index (χ3v) is 5.36. The van der Waals surface area contributed by atoms with E-state index in [0.717, 1.165) is 8.04 Å². The molecular formula is C14H13BrINO3S. The summed E-state index contributed by atoms with van der Waals surface area (Å²) in [5, 5.41) is 0. The van der Waals surface area contributed by atoms with Crippen LogP contribution in [-0.2, 0) is 10.0 Å². The molecule has 0 atom stereocenters. The minimum absolute atomic E-state index is 0.160. The van der Waals surface area contributed by atoms with Crippen molar-refractivity contribution in [3.63, 3.8) is 0 Å². The van der Waals surface area contributed by atoms with E-state index >= 15 is 0 Å². The number of sulfonamides is 1. The third-order valence-electron chi connectivity index (χ3n) is 2.61. The van der Waals surface area contributed by atoms with Gasteiger partial charge in [0.25, 0.3) is 10.0 Å². The Morgan fingerprint density at radius 1 is 1.19 bits per heavy atom. The van der Waals surface area contributed by atoms with Crippen LogP contribution in [0.5, 0.6) is 5.75 Å². The maximum Gasteiger partial charge on any atom is 0.262 e. The van der Waals surface area contributed by atoms with E-state index in [9.17, 15) is 8.42 Å². The van der Waals surface area contributed by atoms with Crippen molar-refractivity contribution in [2.45, 2.75) is 11.8 Å². The summed E-state index contributed by atoms with van der Waals surface area (Å²) in [6.45, 7) is 2.31. The zero-order chi connectivity index (χ0) is 15.5. The fourth-order valence-corrected chi connectivity index (χ4v) is 3.44. The first-order chi connectivity index (χ1) is 9.92. The Bertz CT molecular complexity index is 732. The highest BCUT2D eigenvalue weighted by Crippen LogP contribution is 2.28. The summed E-state index contributed by atoms with van der Waals surface area (Å²) < 4.78 is 34.4. The van der Waals surface area contributed by atoms with Crippen molar-refractivity contribution in [2.24, 2.45) is 0 Å². The van der Waals surface area contributed by atoms with Gasteiger partial charge in [-0.1, -0.05) is 0 Å². The van der Waals surface area contributed by atoms with E-state index in [2.05, 4.69) is 43.2 Å². The van der Waals surface area contributed by atoms with Gasteiger partial charge in [0.1, 0.15) is 5.75 Å². The van der Waals surface area contributed by atoms with E-state index in [1.807, 2.05) is 19.1 Å². The molecule has 0 aromatic heterocycles. The molecule has 21 heavy (non-hydrogen) atoms. The molecule has 0 fully saturated rings. The highest BCUT2D eigenvalue weighted by atomic mass is 127. The molecule has 2 aromatic carbocycles. The largest absolute Gasteiger partial charge is 0.493 e. The van der Waals surface area contributed by atoms with Crippen LogP contribution in [0, 0.1) is 3.57 Å². The summed E-state index contributed by atoms with van der Waals surface area (Å²) in [7, 11) is -3.64. The Labute approximate surface area is 146 Å². The Kier molecular flexibility index (Phi) is 5.50. The van der Waals surface area contributed by atoms with Crippen LogP contribution in [0.4, 0.5) is 5.69 Å². The first-order valence-corrected chi connectivity index (χ1v) is 9.48. The van der Waals surface area contributed by atoms with Crippen LogP contribution in [0.1, 0.15) is 6.92 Å². The Morgan fingerprint density at radius 2 is 1.86 bits per heavy atom. The zero-order valence-electron chi connectivity index (χ0n) is 11.1. The van der Waals surface area contributed by atoms with Gasteiger partial charge in [-0.3, -0.25) is 4.72 Å². The lowest BCUT2D eigenvalue weighted by atomic mass is 10.3. The average molecular weight is 482 g/mol. The van der Waals surface area contributed by atoms with Crippen molar-refractivity contribution in [2.75, 3.05) is 11.3 Å². The molecule has 0 saturated carbocycles. The van der Waals surface area contributed by atoms with Gasteiger partial charge in [-0.2, -0.15) is 0 Å². The van der Waals surface area contributed by atoms with Gasteiger partial charge in [0.15, 0.2) is 0 Å². The van der Waals surface area contributed by atoms with Crippen molar-refractivity contribution in [3.05, 3.63) is 50.5 Å². The van der Waals surface area contributed by atoms with E-state index in [4.69, 9.17) is 4.74 Å². The number of ether oxygens (including phenoxy) is 1. The highest BCUT2D eigenvalue weighted by molar-refractivity contribution is 14.1.